The summed E-state index contributed by atoms with van der Waals surface area (Å²) in [5.41, 5.74) is 9.64. The van der Waals surface area contributed by atoms with Crippen LogP contribution in [-0.4, -0.2) is 105 Å². The fraction of sp³-hybridized carbons (Fsp3) is 0.469. The lowest BCUT2D eigenvalue weighted by atomic mass is 9.98. The van der Waals surface area contributed by atoms with Gasteiger partial charge in [0.15, 0.2) is 0 Å². The maximum absolute atomic E-state index is 13.9. The molecule has 0 radical (unpaired) electrons. The summed E-state index contributed by atoms with van der Waals surface area (Å²) in [7, 11) is -0.0470. The Balaban J connectivity index is 0.00000368. The van der Waals surface area contributed by atoms with Gasteiger partial charge in [-0.15, -0.1) is 24.8 Å². The Kier molecular flexibility index (Phi) is 14.7. The predicted molar refractivity (Wildman–Crippen MR) is 185 cm³/mol. The third-order valence-corrected chi connectivity index (χ3v) is 9.80. The number of nitrogens with one attached hydrogen (secondary N) is 2. The maximum atomic E-state index is 13.9. The van der Waals surface area contributed by atoms with Crippen LogP contribution in [0.15, 0.2) is 59.0 Å². The first-order valence-electron chi connectivity index (χ1n) is 15.0. The van der Waals surface area contributed by atoms with Crippen LogP contribution in [-0.2, 0) is 38.9 Å². The number of benzene rings is 2. The van der Waals surface area contributed by atoms with Gasteiger partial charge in [-0.3, -0.25) is 10.2 Å². The molecular weight excluding hydrogens is 651 g/mol. The number of carbonyl (C=O) groups is 2. The van der Waals surface area contributed by atoms with E-state index in [0.29, 0.717) is 11.1 Å². The van der Waals surface area contributed by atoms with E-state index < -0.39 is 34.0 Å². The van der Waals surface area contributed by atoms with Gasteiger partial charge in [-0.05, 0) is 101 Å². The minimum absolute atomic E-state index is 0. The number of nitrogens with zero attached hydrogens (tertiary/aromatic N) is 3. The average molecular weight is 698 g/mol. The lowest BCUT2D eigenvalue weighted by molar-refractivity contribution is -0.150. The Morgan fingerprint density at radius 1 is 1.11 bits per heavy atom. The molecule has 46 heavy (non-hydrogen) atoms. The highest BCUT2D eigenvalue weighted by Gasteiger charge is 2.37. The predicted octanol–water partition coefficient (Wildman–Crippen LogP) is 2.69. The Bertz CT molecular complexity index is 1530. The monoisotopic (exact) mass is 696 g/mol. The van der Waals surface area contributed by atoms with Crippen LogP contribution in [0.1, 0.15) is 42.0 Å². The summed E-state index contributed by atoms with van der Waals surface area (Å²) in [4.78, 5) is 31.9. The number of carboxylic acid groups (broad SMARTS) is 1. The van der Waals surface area contributed by atoms with Gasteiger partial charge in [-0.25, -0.2) is 13.2 Å². The molecule has 0 bridgehead atoms. The third-order valence-electron chi connectivity index (χ3n) is 8.33. The number of hydrogen-bond acceptors (Lipinski definition) is 7. The summed E-state index contributed by atoms with van der Waals surface area (Å²) in [5, 5.41) is 17.7. The number of sulfonamides is 1. The molecule has 254 valence electrons. The van der Waals surface area contributed by atoms with Gasteiger partial charge in [0.05, 0.1) is 4.90 Å². The molecule has 0 aliphatic carbocycles. The van der Waals surface area contributed by atoms with Crippen molar-refractivity contribution in [3.05, 3.63) is 76.4 Å². The van der Waals surface area contributed by atoms with E-state index in [1.807, 2.05) is 13.0 Å². The molecule has 2 aliphatic rings. The van der Waals surface area contributed by atoms with Crippen LogP contribution in [0, 0.1) is 5.41 Å². The second-order valence-electron chi connectivity index (χ2n) is 12.0. The van der Waals surface area contributed by atoms with Crippen molar-refractivity contribution in [2.45, 2.75) is 56.0 Å². The topological polar surface area (TPSA) is 160 Å². The molecule has 11 nitrogen and oxygen atoms in total. The summed E-state index contributed by atoms with van der Waals surface area (Å²) in [5.74, 6) is -1.92. The van der Waals surface area contributed by atoms with Crippen LogP contribution in [0.3, 0.4) is 0 Å². The maximum Gasteiger partial charge on any atom is 0.326 e. The van der Waals surface area contributed by atoms with Crippen LogP contribution < -0.4 is 10.5 Å². The van der Waals surface area contributed by atoms with Gasteiger partial charge in [-0.1, -0.05) is 35.9 Å². The van der Waals surface area contributed by atoms with E-state index in [1.165, 1.54) is 4.90 Å². The number of carbonyl (C=O) groups excluding carboxylic acids is 1. The summed E-state index contributed by atoms with van der Waals surface area (Å²) in [6, 6.07) is 9.47. The number of nitrogens with two attached hydrogens (primary N) is 1. The standard InChI is InChI=1S/C32H44N6O5S.2ClH/c1-22-10-17-38(29(18-22)32(40)41)31(39)28(20-23-6-4-7-26(19-23)30(33)34)35-44(42,43)27-9-8-24-11-15-37(14-5-13-36(2)3)16-12-25(24)21-27;;/h4,6-10,19,21,28-29,35H,5,11-18,20H2,1-3H3,(H3,33,34)(H,40,41);2*1H/t28-,29?;;/m0../s1. The third kappa shape index (κ3) is 10.2. The van der Waals surface area contributed by atoms with Crippen LogP contribution in [0.2, 0.25) is 0 Å². The largest absolute Gasteiger partial charge is 0.480 e. The van der Waals surface area contributed by atoms with E-state index in [1.54, 1.807) is 42.5 Å². The van der Waals surface area contributed by atoms with Crippen molar-refractivity contribution in [3.8, 4) is 0 Å². The second kappa shape index (κ2) is 17.2. The van der Waals surface area contributed by atoms with Crippen molar-refractivity contribution in [2.24, 2.45) is 5.73 Å². The molecule has 2 aromatic rings. The molecule has 0 aromatic heterocycles. The van der Waals surface area contributed by atoms with Crippen molar-refractivity contribution in [2.75, 3.05) is 46.8 Å². The number of aliphatic carboxylic acids is 1. The van der Waals surface area contributed by atoms with Crippen molar-refractivity contribution < 1.29 is 23.1 Å². The number of rotatable bonds is 12. The lowest BCUT2D eigenvalue weighted by Gasteiger charge is -2.34. The second-order valence-corrected chi connectivity index (χ2v) is 13.7. The fourth-order valence-electron chi connectivity index (χ4n) is 5.83. The molecule has 0 saturated heterocycles. The summed E-state index contributed by atoms with van der Waals surface area (Å²) in [6.45, 7) is 5.62. The van der Waals surface area contributed by atoms with Crippen LogP contribution in [0.4, 0.5) is 0 Å². The molecular formula is C32H46Cl2N6O5S. The Hall–Kier alpha value is -3.00. The van der Waals surface area contributed by atoms with Gasteiger partial charge in [0, 0.05) is 25.2 Å². The number of carboxylic acids is 1. The molecule has 2 aromatic carbocycles. The van der Waals surface area contributed by atoms with Gasteiger partial charge < -0.3 is 25.5 Å². The number of halogens is 2. The molecule has 2 heterocycles. The van der Waals surface area contributed by atoms with Crippen molar-refractivity contribution in [3.63, 3.8) is 0 Å². The Morgan fingerprint density at radius 2 is 1.80 bits per heavy atom. The van der Waals surface area contributed by atoms with Crippen molar-refractivity contribution >= 4 is 52.5 Å². The highest BCUT2D eigenvalue weighted by atomic mass is 35.5. The molecule has 1 amide bonds. The first kappa shape index (κ1) is 39.2. The van der Waals surface area contributed by atoms with Gasteiger partial charge in [0.2, 0.25) is 15.9 Å². The number of nitrogen functional groups attached to an aromatic ring is 1. The quantitative estimate of drug-likeness (QED) is 0.150. The van der Waals surface area contributed by atoms with Crippen LogP contribution in [0.25, 0.3) is 0 Å². The van der Waals surface area contributed by atoms with Gasteiger partial charge >= 0.3 is 5.97 Å². The van der Waals surface area contributed by atoms with E-state index >= 15 is 0 Å². The fourth-order valence-corrected chi connectivity index (χ4v) is 7.07. The molecule has 2 atom stereocenters. The van der Waals surface area contributed by atoms with Crippen LogP contribution in [0.5, 0.6) is 0 Å². The van der Waals surface area contributed by atoms with E-state index in [4.69, 9.17) is 11.1 Å². The highest BCUT2D eigenvalue weighted by molar-refractivity contribution is 7.89. The normalized spacial score (nSPS) is 17.5. The Labute approximate surface area is 284 Å². The molecule has 14 heteroatoms. The van der Waals surface area contributed by atoms with Crippen LogP contribution >= 0.6 is 24.8 Å². The molecule has 0 spiro atoms. The first-order chi connectivity index (χ1) is 20.8. The molecule has 0 saturated carbocycles. The summed E-state index contributed by atoms with van der Waals surface area (Å²) < 4.78 is 30.3. The number of amidine groups is 1. The van der Waals surface area contributed by atoms with E-state index in [0.717, 1.165) is 62.1 Å². The van der Waals surface area contributed by atoms with Gasteiger partial charge in [0.1, 0.15) is 17.9 Å². The van der Waals surface area contributed by atoms with Gasteiger partial charge in [-0.2, -0.15) is 4.72 Å². The highest BCUT2D eigenvalue weighted by Crippen LogP contribution is 2.24. The average Bonchev–Trinajstić information content (AvgIpc) is 3.18. The molecule has 1 unspecified atom stereocenters. The first-order valence-corrected chi connectivity index (χ1v) is 16.5. The van der Waals surface area contributed by atoms with E-state index in [-0.39, 0.29) is 54.9 Å². The zero-order valence-electron chi connectivity index (χ0n) is 26.6. The SMILES string of the molecule is CC1=CCN(C(=O)[C@H](Cc2cccc(C(=N)N)c2)NS(=O)(=O)c2ccc3c(c2)CCN(CCCN(C)C)CC3)C(C(=O)O)C1.Cl.Cl. The lowest BCUT2D eigenvalue weighted by Crippen LogP contribution is -2.55. The smallest absolute Gasteiger partial charge is 0.326 e. The summed E-state index contributed by atoms with van der Waals surface area (Å²) >= 11 is 0. The van der Waals surface area contributed by atoms with E-state index in [2.05, 4.69) is 28.6 Å². The summed E-state index contributed by atoms with van der Waals surface area (Å²) in [6.07, 6.45) is 4.52. The Morgan fingerprint density at radius 3 is 2.46 bits per heavy atom. The number of hydrogen-bond donors (Lipinski definition) is 4. The molecule has 5 N–H and O–H groups in total. The minimum atomic E-state index is -4.17. The molecule has 2 aliphatic heterocycles. The zero-order chi connectivity index (χ0) is 32.0. The van der Waals surface area contributed by atoms with Crippen molar-refractivity contribution in [1.82, 2.24) is 19.4 Å². The zero-order valence-corrected chi connectivity index (χ0v) is 29.0. The number of fused-ring (bicyclic) bond motifs is 1. The van der Waals surface area contributed by atoms with Gasteiger partial charge in [0.25, 0.3) is 0 Å². The minimum Gasteiger partial charge on any atom is -0.480 e. The van der Waals surface area contributed by atoms with E-state index in [9.17, 15) is 23.1 Å². The van der Waals surface area contributed by atoms with Crippen molar-refractivity contribution in [1.29, 1.82) is 5.41 Å². The molecule has 4 rings (SSSR count). The number of amides is 1. The molecule has 0 fully saturated rings.